The molecule has 1 atom stereocenters. The molecule has 0 spiro atoms. The molecule has 0 N–H and O–H groups in total. The molecule has 0 bridgehead atoms. The van der Waals surface area contributed by atoms with Crippen LogP contribution in [-0.2, 0) is 9.84 Å². The van der Waals surface area contributed by atoms with Gasteiger partial charge in [0.25, 0.3) is 5.56 Å². The predicted molar refractivity (Wildman–Crippen MR) is 84.0 cm³/mol. The highest BCUT2D eigenvalue weighted by Gasteiger charge is 2.31. The van der Waals surface area contributed by atoms with E-state index in [0.29, 0.717) is 10.9 Å². The number of aryl methyl sites for hydroxylation is 2. The van der Waals surface area contributed by atoms with Crippen LogP contribution in [0.25, 0.3) is 0 Å². The van der Waals surface area contributed by atoms with E-state index in [2.05, 4.69) is 10.2 Å². The van der Waals surface area contributed by atoms with Crippen molar-refractivity contribution < 1.29 is 8.42 Å². The van der Waals surface area contributed by atoms with Gasteiger partial charge < -0.3 is 0 Å². The quantitative estimate of drug-likeness (QED) is 0.841. The number of hydrogen-bond acceptors (Lipinski definition) is 6. The Morgan fingerprint density at radius 2 is 1.91 bits per heavy atom. The van der Waals surface area contributed by atoms with Crippen LogP contribution in [0.5, 0.6) is 0 Å². The molecule has 0 radical (unpaired) electrons. The zero-order valence-electron chi connectivity index (χ0n) is 12.2. The molecule has 1 aromatic heterocycles. The van der Waals surface area contributed by atoms with Crippen LogP contribution in [0.2, 0.25) is 0 Å². The molecule has 8 heteroatoms. The molecule has 0 amide bonds. The molecular weight excluding hydrogens is 322 g/mol. The minimum atomic E-state index is -3.45. The van der Waals surface area contributed by atoms with E-state index in [0.717, 1.165) is 5.56 Å². The van der Waals surface area contributed by atoms with Crippen LogP contribution in [0.4, 0.5) is 0 Å². The summed E-state index contributed by atoms with van der Waals surface area (Å²) in [6.07, 6.45) is 0. The van der Waals surface area contributed by atoms with Gasteiger partial charge >= 0.3 is 0 Å². The molecule has 1 aromatic carbocycles. The average molecular weight is 337 g/mol. The molecule has 2 aromatic rings. The van der Waals surface area contributed by atoms with Gasteiger partial charge in [-0.1, -0.05) is 29.5 Å². The van der Waals surface area contributed by atoms with E-state index >= 15 is 0 Å². The molecule has 22 heavy (non-hydrogen) atoms. The summed E-state index contributed by atoms with van der Waals surface area (Å²) in [6.45, 7) is 3.48. The Balaban J connectivity index is 1.95. The van der Waals surface area contributed by atoms with Crippen molar-refractivity contribution in [2.75, 3.05) is 11.5 Å². The Hall–Kier alpha value is -1.67. The van der Waals surface area contributed by atoms with Crippen molar-refractivity contribution in [3.05, 3.63) is 45.9 Å². The number of sulfone groups is 1. The first-order valence-corrected chi connectivity index (χ1v) is 9.40. The van der Waals surface area contributed by atoms with Gasteiger partial charge in [0.05, 0.1) is 16.7 Å². The van der Waals surface area contributed by atoms with Gasteiger partial charge in [0, 0.05) is 5.75 Å². The van der Waals surface area contributed by atoms with Crippen LogP contribution in [0.15, 0.2) is 39.1 Å². The lowest BCUT2D eigenvalue weighted by Gasteiger charge is -2.13. The Morgan fingerprint density at radius 1 is 1.23 bits per heavy atom. The van der Waals surface area contributed by atoms with Crippen LogP contribution in [0, 0.1) is 13.8 Å². The number of benzene rings is 1. The van der Waals surface area contributed by atoms with Crippen LogP contribution in [-0.4, -0.2) is 34.7 Å². The third-order valence-electron chi connectivity index (χ3n) is 3.58. The fourth-order valence-electron chi connectivity index (χ4n) is 2.35. The lowest BCUT2D eigenvalue weighted by Crippen LogP contribution is -2.31. The summed E-state index contributed by atoms with van der Waals surface area (Å²) in [7, 11) is -3.45. The van der Waals surface area contributed by atoms with Crippen LogP contribution in [0.1, 0.15) is 17.3 Å². The van der Waals surface area contributed by atoms with Gasteiger partial charge in [-0.3, -0.25) is 9.36 Å². The number of fused-ring (bicyclic) bond motifs is 1. The van der Waals surface area contributed by atoms with Gasteiger partial charge in [0.15, 0.2) is 15.0 Å². The molecule has 2 heterocycles. The third kappa shape index (κ3) is 2.68. The highest BCUT2D eigenvalue weighted by Crippen LogP contribution is 2.31. The predicted octanol–water partition coefficient (Wildman–Crippen LogP) is 1.38. The smallest absolute Gasteiger partial charge is 0.276 e. The van der Waals surface area contributed by atoms with Gasteiger partial charge in [-0.05, 0) is 26.0 Å². The Labute approximate surface area is 132 Å². The highest BCUT2D eigenvalue weighted by atomic mass is 32.2. The zero-order valence-corrected chi connectivity index (χ0v) is 13.8. The molecule has 116 valence electrons. The van der Waals surface area contributed by atoms with E-state index in [1.54, 1.807) is 31.2 Å². The molecule has 1 aliphatic heterocycles. The SMILES string of the molecule is Cc1ccc(S(=O)(=O)C[C@@H]2CSc3nnc(C)c(=O)n32)cc1. The molecular formula is C14H15N3O3S2. The summed E-state index contributed by atoms with van der Waals surface area (Å²) in [4.78, 5) is 12.5. The molecule has 0 saturated carbocycles. The van der Waals surface area contributed by atoms with E-state index in [1.807, 2.05) is 6.92 Å². The second-order valence-electron chi connectivity index (χ2n) is 5.30. The number of rotatable bonds is 3. The molecule has 0 saturated heterocycles. The minimum absolute atomic E-state index is 0.110. The van der Waals surface area contributed by atoms with Gasteiger partial charge in [0.1, 0.15) is 5.69 Å². The van der Waals surface area contributed by atoms with E-state index in [9.17, 15) is 13.2 Å². The molecule has 0 aliphatic carbocycles. The van der Waals surface area contributed by atoms with Crippen molar-refractivity contribution >= 4 is 21.6 Å². The van der Waals surface area contributed by atoms with Crippen molar-refractivity contribution in [3.8, 4) is 0 Å². The topological polar surface area (TPSA) is 81.9 Å². The standard InChI is InChI=1S/C14H15N3O3S2/c1-9-3-5-12(6-4-9)22(19,20)8-11-7-21-14-16-15-10(2)13(18)17(11)14/h3-6,11H,7-8H2,1-2H3/t11-/m0/s1. The fourth-order valence-corrected chi connectivity index (χ4v) is 5.10. The monoisotopic (exact) mass is 337 g/mol. The normalized spacial score (nSPS) is 17.5. The van der Waals surface area contributed by atoms with Crippen molar-refractivity contribution in [2.45, 2.75) is 29.9 Å². The molecule has 3 rings (SSSR count). The van der Waals surface area contributed by atoms with Crippen LogP contribution >= 0.6 is 11.8 Å². The average Bonchev–Trinajstić information content (AvgIpc) is 2.86. The van der Waals surface area contributed by atoms with E-state index in [-0.39, 0.29) is 21.9 Å². The molecule has 0 unspecified atom stereocenters. The highest BCUT2D eigenvalue weighted by molar-refractivity contribution is 7.99. The maximum atomic E-state index is 12.5. The van der Waals surface area contributed by atoms with E-state index in [1.165, 1.54) is 16.3 Å². The summed E-state index contributed by atoms with van der Waals surface area (Å²) < 4.78 is 26.5. The summed E-state index contributed by atoms with van der Waals surface area (Å²) in [5, 5.41) is 8.25. The number of nitrogens with zero attached hydrogens (tertiary/aromatic N) is 3. The maximum Gasteiger partial charge on any atom is 0.276 e. The first-order valence-electron chi connectivity index (χ1n) is 6.76. The Morgan fingerprint density at radius 3 is 2.59 bits per heavy atom. The molecule has 6 nitrogen and oxygen atoms in total. The lowest BCUT2D eigenvalue weighted by molar-refractivity contribution is 0.510. The Kier molecular flexibility index (Phi) is 3.82. The first kappa shape index (κ1) is 15.2. The second kappa shape index (κ2) is 5.51. The van der Waals surface area contributed by atoms with Crippen LogP contribution < -0.4 is 5.56 Å². The van der Waals surface area contributed by atoms with Gasteiger partial charge in [-0.25, -0.2) is 8.42 Å². The van der Waals surface area contributed by atoms with Gasteiger partial charge in [0.2, 0.25) is 0 Å². The number of aromatic nitrogens is 3. The van der Waals surface area contributed by atoms with Gasteiger partial charge in [-0.15, -0.1) is 10.2 Å². The molecule has 0 fully saturated rings. The van der Waals surface area contributed by atoms with Gasteiger partial charge in [-0.2, -0.15) is 0 Å². The van der Waals surface area contributed by atoms with Crippen molar-refractivity contribution in [2.24, 2.45) is 0 Å². The largest absolute Gasteiger partial charge is 0.280 e. The summed E-state index contributed by atoms with van der Waals surface area (Å²) >= 11 is 1.36. The maximum absolute atomic E-state index is 12.5. The third-order valence-corrected chi connectivity index (χ3v) is 6.48. The minimum Gasteiger partial charge on any atom is -0.280 e. The fraction of sp³-hybridized carbons (Fsp3) is 0.357. The lowest BCUT2D eigenvalue weighted by atomic mass is 10.2. The number of hydrogen-bond donors (Lipinski definition) is 0. The van der Waals surface area contributed by atoms with E-state index in [4.69, 9.17) is 0 Å². The summed E-state index contributed by atoms with van der Waals surface area (Å²) in [6, 6.07) is 6.34. The first-order chi connectivity index (χ1) is 10.4. The van der Waals surface area contributed by atoms with Crippen molar-refractivity contribution in [1.29, 1.82) is 0 Å². The van der Waals surface area contributed by atoms with Crippen molar-refractivity contribution in [1.82, 2.24) is 14.8 Å². The summed E-state index contributed by atoms with van der Waals surface area (Å²) in [5.74, 6) is 0.402. The molecule has 1 aliphatic rings. The Bertz CT molecular complexity index is 873. The summed E-state index contributed by atoms with van der Waals surface area (Å²) in [5.41, 5.74) is 1.02. The van der Waals surface area contributed by atoms with E-state index < -0.39 is 15.9 Å². The van der Waals surface area contributed by atoms with Crippen molar-refractivity contribution in [3.63, 3.8) is 0 Å². The zero-order chi connectivity index (χ0) is 15.9. The van der Waals surface area contributed by atoms with Crippen LogP contribution in [0.3, 0.4) is 0 Å². The number of thioether (sulfide) groups is 1. The second-order valence-corrected chi connectivity index (χ2v) is 8.32.